The molecule has 2 aromatic carbocycles. The zero-order valence-electron chi connectivity index (χ0n) is 13.6. The van der Waals surface area contributed by atoms with Gasteiger partial charge >= 0.3 is 6.09 Å². The first-order chi connectivity index (χ1) is 12.5. The van der Waals surface area contributed by atoms with Crippen molar-refractivity contribution in [2.24, 2.45) is 0 Å². The van der Waals surface area contributed by atoms with Crippen LogP contribution in [-0.2, 0) is 6.42 Å². The van der Waals surface area contributed by atoms with Crippen LogP contribution in [-0.4, -0.2) is 27.3 Å². The Hall–Kier alpha value is -3.29. The van der Waals surface area contributed by atoms with E-state index in [0.29, 0.717) is 12.1 Å². The fraction of sp³-hybridized carbons (Fsp3) is 0.167. The fourth-order valence-corrected chi connectivity index (χ4v) is 2.71. The predicted octanol–water partition coefficient (Wildman–Crippen LogP) is 2.86. The molecule has 0 saturated heterocycles. The number of nitrogens with zero attached hydrogens (tertiary/aromatic N) is 2. The first kappa shape index (κ1) is 17.5. The molecule has 1 heterocycles. The third-order valence-electron chi connectivity index (χ3n) is 3.86. The number of nitrogens with one attached hydrogen (secondary N) is 1. The van der Waals surface area contributed by atoms with Crippen molar-refractivity contribution in [1.29, 1.82) is 0 Å². The van der Waals surface area contributed by atoms with Crippen molar-refractivity contribution < 1.29 is 18.7 Å². The number of rotatable bonds is 5. The number of para-hydroxylation sites is 1. The molecule has 0 spiro atoms. The van der Waals surface area contributed by atoms with E-state index < -0.39 is 28.7 Å². The van der Waals surface area contributed by atoms with Crippen LogP contribution in [0.1, 0.15) is 12.2 Å². The van der Waals surface area contributed by atoms with Crippen molar-refractivity contribution >= 4 is 17.0 Å². The van der Waals surface area contributed by atoms with Crippen LogP contribution in [0.2, 0.25) is 0 Å². The van der Waals surface area contributed by atoms with Crippen LogP contribution in [0.5, 0.6) is 0 Å². The Kier molecular flexibility index (Phi) is 4.92. The zero-order chi connectivity index (χ0) is 18.7. The SMILES string of the molecule is O=C(O)NCCCc1nc2c(F)ccc(F)c2c(=O)n1-c1ccccc1. The lowest BCUT2D eigenvalue weighted by molar-refractivity contribution is 0.194. The first-order valence-corrected chi connectivity index (χ1v) is 7.91. The van der Waals surface area contributed by atoms with Crippen molar-refractivity contribution in [3.63, 3.8) is 0 Å². The van der Waals surface area contributed by atoms with Gasteiger partial charge in [-0.25, -0.2) is 18.6 Å². The zero-order valence-corrected chi connectivity index (χ0v) is 13.6. The summed E-state index contributed by atoms with van der Waals surface area (Å²) in [6.07, 6.45) is -0.616. The summed E-state index contributed by atoms with van der Waals surface area (Å²) < 4.78 is 29.5. The second-order valence-corrected chi connectivity index (χ2v) is 5.59. The topological polar surface area (TPSA) is 84.2 Å². The van der Waals surface area contributed by atoms with Gasteiger partial charge in [0.15, 0.2) is 0 Å². The van der Waals surface area contributed by atoms with Gasteiger partial charge in [-0.1, -0.05) is 18.2 Å². The minimum Gasteiger partial charge on any atom is -0.465 e. The van der Waals surface area contributed by atoms with Crippen LogP contribution in [0, 0.1) is 11.6 Å². The van der Waals surface area contributed by atoms with Crippen molar-refractivity contribution in [3.8, 4) is 5.69 Å². The average Bonchev–Trinajstić information content (AvgIpc) is 2.62. The molecule has 0 aliphatic carbocycles. The lowest BCUT2D eigenvalue weighted by Crippen LogP contribution is -2.27. The normalized spacial score (nSPS) is 10.8. The molecule has 0 bridgehead atoms. The molecule has 2 N–H and O–H groups in total. The number of carboxylic acid groups (broad SMARTS) is 1. The molecule has 8 heteroatoms. The van der Waals surface area contributed by atoms with Crippen molar-refractivity contribution in [2.75, 3.05) is 6.54 Å². The number of halogens is 2. The van der Waals surface area contributed by atoms with Gasteiger partial charge in [0.05, 0.1) is 5.69 Å². The highest BCUT2D eigenvalue weighted by molar-refractivity contribution is 5.79. The molecule has 3 aromatic rings. The quantitative estimate of drug-likeness (QED) is 0.686. The van der Waals surface area contributed by atoms with E-state index in [4.69, 9.17) is 5.11 Å². The minimum absolute atomic E-state index is 0.143. The lowest BCUT2D eigenvalue weighted by Gasteiger charge is -2.14. The Morgan fingerprint density at radius 2 is 1.81 bits per heavy atom. The summed E-state index contributed by atoms with van der Waals surface area (Å²) in [5, 5.41) is 10.4. The van der Waals surface area contributed by atoms with Gasteiger partial charge in [0.25, 0.3) is 5.56 Å². The van der Waals surface area contributed by atoms with E-state index in [1.807, 2.05) is 0 Å². The predicted molar refractivity (Wildman–Crippen MR) is 91.6 cm³/mol. The number of carbonyl (C=O) groups is 1. The molecular formula is C18H15F2N3O3. The van der Waals surface area contributed by atoms with Gasteiger partial charge < -0.3 is 10.4 Å². The number of aryl methyl sites for hydroxylation is 1. The minimum atomic E-state index is -1.16. The summed E-state index contributed by atoms with van der Waals surface area (Å²) in [5.74, 6) is -1.41. The number of amides is 1. The molecule has 0 unspecified atom stereocenters. The Labute approximate surface area is 146 Å². The van der Waals surface area contributed by atoms with E-state index in [9.17, 15) is 18.4 Å². The number of fused-ring (bicyclic) bond motifs is 1. The molecule has 0 saturated carbocycles. The molecule has 1 aromatic heterocycles. The standard InChI is InChI=1S/C18H15F2N3O3/c19-12-8-9-13(20)16-15(12)17(24)23(11-5-2-1-3-6-11)14(22-16)7-4-10-21-18(25)26/h1-3,5-6,8-9,21H,4,7,10H2,(H,25,26). The summed E-state index contributed by atoms with van der Waals surface area (Å²) >= 11 is 0. The molecule has 3 rings (SSSR count). The van der Waals surface area contributed by atoms with Crippen LogP contribution in [0.4, 0.5) is 13.6 Å². The molecule has 134 valence electrons. The summed E-state index contributed by atoms with van der Waals surface area (Å²) in [4.78, 5) is 27.6. The van der Waals surface area contributed by atoms with Crippen LogP contribution in [0.15, 0.2) is 47.3 Å². The van der Waals surface area contributed by atoms with E-state index >= 15 is 0 Å². The molecule has 1 amide bonds. The number of benzene rings is 2. The molecular weight excluding hydrogens is 344 g/mol. The van der Waals surface area contributed by atoms with Gasteiger partial charge in [0, 0.05) is 13.0 Å². The maximum Gasteiger partial charge on any atom is 0.404 e. The Morgan fingerprint density at radius 1 is 1.12 bits per heavy atom. The van der Waals surface area contributed by atoms with Gasteiger partial charge in [0.2, 0.25) is 0 Å². The fourth-order valence-electron chi connectivity index (χ4n) is 2.71. The van der Waals surface area contributed by atoms with Crippen molar-refractivity contribution in [3.05, 3.63) is 70.3 Å². The third-order valence-corrected chi connectivity index (χ3v) is 3.86. The first-order valence-electron chi connectivity index (χ1n) is 7.91. The largest absolute Gasteiger partial charge is 0.465 e. The number of hydrogen-bond donors (Lipinski definition) is 2. The number of hydrogen-bond acceptors (Lipinski definition) is 3. The maximum absolute atomic E-state index is 14.2. The summed E-state index contributed by atoms with van der Waals surface area (Å²) in [6.45, 7) is 0.143. The van der Waals surface area contributed by atoms with Gasteiger partial charge in [0.1, 0.15) is 28.4 Å². The third kappa shape index (κ3) is 3.39. The van der Waals surface area contributed by atoms with Gasteiger partial charge in [-0.05, 0) is 30.7 Å². The van der Waals surface area contributed by atoms with Crippen LogP contribution in [0.3, 0.4) is 0 Å². The molecule has 0 atom stereocenters. The van der Waals surface area contributed by atoms with E-state index in [0.717, 1.165) is 12.1 Å². The maximum atomic E-state index is 14.2. The molecule has 0 fully saturated rings. The van der Waals surface area contributed by atoms with Gasteiger partial charge in [-0.15, -0.1) is 0 Å². The highest BCUT2D eigenvalue weighted by atomic mass is 19.1. The second kappa shape index (κ2) is 7.30. The molecule has 0 radical (unpaired) electrons. The van der Waals surface area contributed by atoms with E-state index in [2.05, 4.69) is 10.3 Å². The highest BCUT2D eigenvalue weighted by Crippen LogP contribution is 2.19. The Morgan fingerprint density at radius 3 is 2.50 bits per heavy atom. The molecule has 6 nitrogen and oxygen atoms in total. The van der Waals surface area contributed by atoms with E-state index in [-0.39, 0.29) is 24.3 Å². The Balaban J connectivity index is 2.16. The van der Waals surface area contributed by atoms with Crippen LogP contribution in [0.25, 0.3) is 16.6 Å². The monoisotopic (exact) mass is 359 g/mol. The van der Waals surface area contributed by atoms with Crippen LogP contribution >= 0.6 is 0 Å². The van der Waals surface area contributed by atoms with Gasteiger partial charge in [-0.3, -0.25) is 9.36 Å². The average molecular weight is 359 g/mol. The molecule has 26 heavy (non-hydrogen) atoms. The molecule has 0 aliphatic heterocycles. The van der Waals surface area contributed by atoms with Crippen LogP contribution < -0.4 is 10.9 Å². The van der Waals surface area contributed by atoms with Gasteiger partial charge in [-0.2, -0.15) is 0 Å². The van der Waals surface area contributed by atoms with E-state index in [1.54, 1.807) is 30.3 Å². The van der Waals surface area contributed by atoms with Crippen molar-refractivity contribution in [1.82, 2.24) is 14.9 Å². The lowest BCUT2D eigenvalue weighted by atomic mass is 10.2. The molecule has 0 aliphatic rings. The summed E-state index contributed by atoms with van der Waals surface area (Å²) in [5.41, 5.74) is -0.570. The van der Waals surface area contributed by atoms with E-state index in [1.165, 1.54) is 4.57 Å². The number of aromatic nitrogens is 2. The second-order valence-electron chi connectivity index (χ2n) is 5.59. The highest BCUT2D eigenvalue weighted by Gasteiger charge is 2.18. The Bertz CT molecular complexity index is 1020. The smallest absolute Gasteiger partial charge is 0.404 e. The van der Waals surface area contributed by atoms with Crippen molar-refractivity contribution in [2.45, 2.75) is 12.8 Å². The summed E-state index contributed by atoms with van der Waals surface area (Å²) in [6, 6.07) is 10.3. The summed E-state index contributed by atoms with van der Waals surface area (Å²) in [7, 11) is 0.